The second-order valence-corrected chi connectivity index (χ2v) is 7.73. The molecule has 9 nitrogen and oxygen atoms in total. The molecule has 1 aliphatic heterocycles. The number of likely N-dealkylation sites (tertiary alicyclic amines) is 1. The molecule has 0 bridgehead atoms. The molecule has 0 aliphatic carbocycles. The lowest BCUT2D eigenvalue weighted by Crippen LogP contribution is -2.39. The number of imidazole rings is 1. The van der Waals surface area contributed by atoms with Crippen LogP contribution in [0.15, 0.2) is 18.5 Å². The van der Waals surface area contributed by atoms with Crippen LogP contribution in [0.25, 0.3) is 5.78 Å². The summed E-state index contributed by atoms with van der Waals surface area (Å²) in [6.07, 6.45) is 3.17. The number of hydrogen-bond donors (Lipinski definition) is 0. The Balaban J connectivity index is 1.80. The van der Waals surface area contributed by atoms with Crippen LogP contribution < -0.4 is 4.74 Å². The minimum absolute atomic E-state index is 0.0546. The molecular formula is C19H26N4O5. The molecule has 0 N–H and O–H groups in total. The molecule has 0 unspecified atom stereocenters. The van der Waals surface area contributed by atoms with Crippen LogP contribution in [-0.2, 0) is 9.47 Å². The molecule has 1 aliphatic rings. The summed E-state index contributed by atoms with van der Waals surface area (Å²) in [4.78, 5) is 35.0. The van der Waals surface area contributed by atoms with Crippen LogP contribution >= 0.6 is 0 Å². The molecule has 0 spiro atoms. The average Bonchev–Trinajstić information content (AvgIpc) is 3.13. The molecule has 1 saturated heterocycles. The van der Waals surface area contributed by atoms with Crippen LogP contribution in [0.2, 0.25) is 0 Å². The van der Waals surface area contributed by atoms with E-state index in [2.05, 4.69) is 9.97 Å². The van der Waals surface area contributed by atoms with Crippen LogP contribution in [0, 0.1) is 0 Å². The van der Waals surface area contributed by atoms with Crippen LogP contribution in [0.3, 0.4) is 0 Å². The number of carbonyl (C=O) groups excluding carboxylic acids is 2. The van der Waals surface area contributed by atoms with E-state index in [-0.39, 0.29) is 36.4 Å². The van der Waals surface area contributed by atoms with Crippen molar-refractivity contribution in [2.24, 2.45) is 0 Å². The summed E-state index contributed by atoms with van der Waals surface area (Å²) in [5, 5.41) is 0. The van der Waals surface area contributed by atoms with Crippen molar-refractivity contribution in [1.29, 1.82) is 0 Å². The zero-order valence-electron chi connectivity index (χ0n) is 16.8. The van der Waals surface area contributed by atoms with Gasteiger partial charge in [0.05, 0.1) is 13.2 Å². The molecule has 0 radical (unpaired) electrons. The van der Waals surface area contributed by atoms with E-state index >= 15 is 0 Å². The zero-order valence-corrected chi connectivity index (χ0v) is 16.8. The number of nitrogens with zero attached hydrogens (tertiary/aromatic N) is 4. The Morgan fingerprint density at radius 2 is 2.07 bits per heavy atom. The summed E-state index contributed by atoms with van der Waals surface area (Å²) in [5.41, 5.74) is -0.381. The van der Waals surface area contributed by atoms with Gasteiger partial charge in [0.25, 0.3) is 0 Å². The largest absolute Gasteiger partial charge is 0.471 e. The molecule has 0 aromatic carbocycles. The van der Waals surface area contributed by atoms with Crippen LogP contribution in [-0.4, -0.2) is 62.2 Å². The number of fused-ring (bicyclic) bond motifs is 1. The highest BCUT2D eigenvalue weighted by molar-refractivity contribution is 5.91. The van der Waals surface area contributed by atoms with Crippen molar-refractivity contribution >= 4 is 17.8 Å². The van der Waals surface area contributed by atoms with Gasteiger partial charge in [-0.1, -0.05) is 0 Å². The lowest BCUT2D eigenvalue weighted by atomic mass is 10.2. The highest BCUT2D eigenvalue weighted by Crippen LogP contribution is 2.27. The van der Waals surface area contributed by atoms with Crippen LogP contribution in [0.1, 0.15) is 51.5 Å². The Labute approximate surface area is 163 Å². The Kier molecular flexibility index (Phi) is 5.44. The lowest BCUT2D eigenvalue weighted by Gasteiger charge is -2.26. The van der Waals surface area contributed by atoms with Crippen molar-refractivity contribution in [3.05, 3.63) is 24.2 Å². The quantitative estimate of drug-likeness (QED) is 0.741. The van der Waals surface area contributed by atoms with Gasteiger partial charge in [-0.05, 0) is 40.7 Å². The van der Waals surface area contributed by atoms with E-state index in [1.807, 2.05) is 27.7 Å². The van der Waals surface area contributed by atoms with Gasteiger partial charge in [0.15, 0.2) is 5.69 Å². The Hall–Kier alpha value is -2.84. The number of ether oxygens (including phenoxy) is 3. The second-order valence-electron chi connectivity index (χ2n) is 7.73. The van der Waals surface area contributed by atoms with Crippen molar-refractivity contribution in [3.8, 4) is 5.88 Å². The second kappa shape index (κ2) is 7.65. The highest BCUT2D eigenvalue weighted by atomic mass is 16.6. The van der Waals surface area contributed by atoms with E-state index in [4.69, 9.17) is 14.2 Å². The summed E-state index contributed by atoms with van der Waals surface area (Å²) >= 11 is 0. The topological polar surface area (TPSA) is 95.3 Å². The highest BCUT2D eigenvalue weighted by Gasteiger charge is 2.37. The van der Waals surface area contributed by atoms with E-state index in [9.17, 15) is 9.59 Å². The Morgan fingerprint density at radius 3 is 2.75 bits per heavy atom. The number of esters is 1. The van der Waals surface area contributed by atoms with Gasteiger partial charge in [-0.15, -0.1) is 0 Å². The molecule has 2 aromatic rings. The fourth-order valence-electron chi connectivity index (χ4n) is 3.13. The summed E-state index contributed by atoms with van der Waals surface area (Å²) in [7, 11) is 0. The SMILES string of the molecule is CCOC(=O)c1c(O[C@@H]2C[C@H](C)N(C(=O)OC(C)(C)C)C2)nc2ncccn12. The third-order valence-corrected chi connectivity index (χ3v) is 4.28. The first kappa shape index (κ1) is 19.9. The molecule has 2 aromatic heterocycles. The first-order valence-corrected chi connectivity index (χ1v) is 9.36. The monoisotopic (exact) mass is 390 g/mol. The van der Waals surface area contributed by atoms with E-state index in [0.717, 1.165) is 0 Å². The number of aromatic nitrogens is 3. The lowest BCUT2D eigenvalue weighted by molar-refractivity contribution is 0.0222. The van der Waals surface area contributed by atoms with E-state index in [1.165, 1.54) is 4.40 Å². The van der Waals surface area contributed by atoms with Crippen molar-refractivity contribution < 1.29 is 23.8 Å². The van der Waals surface area contributed by atoms with Gasteiger partial charge in [0.1, 0.15) is 11.7 Å². The van der Waals surface area contributed by atoms with Gasteiger partial charge in [-0.2, -0.15) is 4.98 Å². The number of amides is 1. The fourth-order valence-corrected chi connectivity index (χ4v) is 3.13. The maximum Gasteiger partial charge on any atom is 0.410 e. The number of hydrogen-bond acceptors (Lipinski definition) is 7. The van der Waals surface area contributed by atoms with Crippen LogP contribution in [0.4, 0.5) is 4.79 Å². The molecule has 1 amide bonds. The van der Waals surface area contributed by atoms with Gasteiger partial charge in [-0.25, -0.2) is 14.6 Å². The molecule has 0 saturated carbocycles. The Bertz CT molecular complexity index is 873. The van der Waals surface area contributed by atoms with Crippen molar-refractivity contribution in [3.63, 3.8) is 0 Å². The van der Waals surface area contributed by atoms with E-state index < -0.39 is 11.6 Å². The average molecular weight is 390 g/mol. The van der Waals surface area contributed by atoms with Crippen molar-refractivity contribution in [1.82, 2.24) is 19.3 Å². The molecular weight excluding hydrogens is 364 g/mol. The first-order chi connectivity index (χ1) is 13.2. The third kappa shape index (κ3) is 4.18. The van der Waals surface area contributed by atoms with Crippen molar-refractivity contribution in [2.75, 3.05) is 13.2 Å². The summed E-state index contributed by atoms with van der Waals surface area (Å²) in [5.74, 6) is -0.0379. The fraction of sp³-hybridized carbons (Fsp3) is 0.579. The summed E-state index contributed by atoms with van der Waals surface area (Å²) < 4.78 is 18.2. The molecule has 2 atom stereocenters. The van der Waals surface area contributed by atoms with Gasteiger partial charge in [-0.3, -0.25) is 4.40 Å². The standard InChI is InChI=1S/C19H26N4O5/c1-6-26-16(24)14-15(21-17-20-8-7-9-22(14)17)27-13-10-12(2)23(11-13)18(25)28-19(3,4)5/h7-9,12-13H,6,10-11H2,1-5H3/t12-,13+/m0/s1. The number of rotatable bonds is 4. The smallest absolute Gasteiger partial charge is 0.410 e. The summed E-state index contributed by atoms with van der Waals surface area (Å²) in [6, 6.07) is 1.64. The molecule has 152 valence electrons. The predicted octanol–water partition coefficient (Wildman–Crippen LogP) is 2.68. The maximum absolute atomic E-state index is 12.4. The van der Waals surface area contributed by atoms with Gasteiger partial charge >= 0.3 is 12.1 Å². The predicted molar refractivity (Wildman–Crippen MR) is 100 cm³/mol. The van der Waals surface area contributed by atoms with E-state index in [0.29, 0.717) is 18.7 Å². The maximum atomic E-state index is 12.4. The summed E-state index contributed by atoms with van der Waals surface area (Å²) in [6.45, 7) is 9.74. The van der Waals surface area contributed by atoms with Crippen LogP contribution in [0.5, 0.6) is 5.88 Å². The first-order valence-electron chi connectivity index (χ1n) is 9.36. The molecule has 3 heterocycles. The molecule has 1 fully saturated rings. The van der Waals surface area contributed by atoms with Gasteiger partial charge in [0.2, 0.25) is 11.7 Å². The van der Waals surface area contributed by atoms with Crippen molar-refractivity contribution in [2.45, 2.75) is 58.8 Å². The molecule has 9 heteroatoms. The molecule has 3 rings (SSSR count). The normalized spacial score (nSPS) is 19.7. The number of carbonyl (C=O) groups is 2. The van der Waals surface area contributed by atoms with E-state index in [1.54, 1.807) is 30.3 Å². The third-order valence-electron chi connectivity index (χ3n) is 4.28. The minimum Gasteiger partial charge on any atom is -0.471 e. The zero-order chi connectivity index (χ0) is 20.5. The van der Waals surface area contributed by atoms with Gasteiger partial charge in [0, 0.05) is 24.9 Å². The Morgan fingerprint density at radius 1 is 1.32 bits per heavy atom. The molecule has 28 heavy (non-hydrogen) atoms. The minimum atomic E-state index is -0.569. The van der Waals surface area contributed by atoms with Gasteiger partial charge < -0.3 is 19.1 Å².